The van der Waals surface area contributed by atoms with Crippen LogP contribution >= 0.6 is 0 Å². The number of nitrogens with one attached hydrogen (secondary N) is 2. The van der Waals surface area contributed by atoms with Crippen LogP contribution in [-0.2, 0) is 13.5 Å². The number of aryl methyl sites for hydroxylation is 2. The van der Waals surface area contributed by atoms with E-state index in [1.165, 1.54) is 5.69 Å². The molecule has 7 heteroatoms. The standard InChI is InChI=1S/C21H27N5O2/c1-14-7-5-9-17(19(14)20(27)26-11-3-4-12-26)24-21(28)23-16-8-6-10-18-15(16)13-22-25(18)2/h5,7,9,13,16H,3-4,6,8,10-12H2,1-2H3,(H2,23,24,28). The maximum absolute atomic E-state index is 13.0. The van der Waals surface area contributed by atoms with E-state index in [1.54, 1.807) is 6.07 Å². The first-order chi connectivity index (χ1) is 13.5. The van der Waals surface area contributed by atoms with Gasteiger partial charge in [0.15, 0.2) is 0 Å². The van der Waals surface area contributed by atoms with Gasteiger partial charge < -0.3 is 15.5 Å². The minimum atomic E-state index is -0.289. The zero-order valence-corrected chi connectivity index (χ0v) is 16.5. The summed E-state index contributed by atoms with van der Waals surface area (Å²) in [6.07, 6.45) is 6.80. The number of benzene rings is 1. The largest absolute Gasteiger partial charge is 0.339 e. The number of carbonyl (C=O) groups is 2. The molecule has 28 heavy (non-hydrogen) atoms. The smallest absolute Gasteiger partial charge is 0.319 e. The average molecular weight is 381 g/mol. The highest BCUT2D eigenvalue weighted by Crippen LogP contribution is 2.29. The summed E-state index contributed by atoms with van der Waals surface area (Å²) in [6, 6.07) is 5.23. The van der Waals surface area contributed by atoms with Crippen LogP contribution in [-0.4, -0.2) is 39.7 Å². The summed E-state index contributed by atoms with van der Waals surface area (Å²) in [6.45, 7) is 3.48. The van der Waals surface area contributed by atoms with Crippen LogP contribution in [0.5, 0.6) is 0 Å². The van der Waals surface area contributed by atoms with E-state index in [9.17, 15) is 9.59 Å². The fourth-order valence-electron chi connectivity index (χ4n) is 4.31. The van der Waals surface area contributed by atoms with E-state index in [-0.39, 0.29) is 18.0 Å². The van der Waals surface area contributed by atoms with Crippen LogP contribution in [0.3, 0.4) is 0 Å². The average Bonchev–Trinajstić information content (AvgIpc) is 3.33. The van der Waals surface area contributed by atoms with Gasteiger partial charge in [-0.2, -0.15) is 5.10 Å². The van der Waals surface area contributed by atoms with Gasteiger partial charge in [0.25, 0.3) is 5.91 Å². The summed E-state index contributed by atoms with van der Waals surface area (Å²) in [5.41, 5.74) is 4.29. The summed E-state index contributed by atoms with van der Waals surface area (Å²) in [4.78, 5) is 27.6. The van der Waals surface area contributed by atoms with Crippen LogP contribution in [0.1, 0.15) is 58.9 Å². The first-order valence-corrected chi connectivity index (χ1v) is 10.0. The molecule has 0 radical (unpaired) electrons. The molecule has 1 aromatic heterocycles. The highest BCUT2D eigenvalue weighted by molar-refractivity contribution is 6.04. The molecular formula is C21H27N5O2. The molecule has 0 bridgehead atoms. The Balaban J connectivity index is 1.51. The maximum atomic E-state index is 13.0. The van der Waals surface area contributed by atoms with E-state index >= 15 is 0 Å². The van der Waals surface area contributed by atoms with Crippen molar-refractivity contribution in [1.82, 2.24) is 20.0 Å². The molecule has 2 N–H and O–H groups in total. The molecule has 2 aromatic rings. The summed E-state index contributed by atoms with van der Waals surface area (Å²) < 4.78 is 1.88. The van der Waals surface area contributed by atoms with Gasteiger partial charge in [0.05, 0.1) is 23.5 Å². The Kier molecular flexibility index (Phi) is 5.07. The third kappa shape index (κ3) is 3.48. The van der Waals surface area contributed by atoms with Crippen molar-refractivity contribution in [1.29, 1.82) is 0 Å². The van der Waals surface area contributed by atoms with Crippen molar-refractivity contribution < 1.29 is 9.59 Å². The number of carbonyl (C=O) groups excluding carboxylic acids is 2. The SMILES string of the molecule is Cc1cccc(NC(=O)NC2CCCc3c2cnn3C)c1C(=O)N1CCCC1. The number of nitrogens with zero attached hydrogens (tertiary/aromatic N) is 3. The van der Waals surface area contributed by atoms with Crippen molar-refractivity contribution in [3.8, 4) is 0 Å². The van der Waals surface area contributed by atoms with Crippen molar-refractivity contribution in [3.63, 3.8) is 0 Å². The van der Waals surface area contributed by atoms with E-state index in [1.807, 2.05) is 41.9 Å². The molecule has 2 heterocycles. The lowest BCUT2D eigenvalue weighted by Crippen LogP contribution is -2.35. The van der Waals surface area contributed by atoms with E-state index in [0.717, 1.165) is 56.3 Å². The lowest BCUT2D eigenvalue weighted by Gasteiger charge is -2.24. The molecule has 4 rings (SSSR count). The van der Waals surface area contributed by atoms with Gasteiger partial charge in [0.2, 0.25) is 0 Å². The second-order valence-corrected chi connectivity index (χ2v) is 7.71. The maximum Gasteiger partial charge on any atom is 0.319 e. The first kappa shape index (κ1) is 18.5. The van der Waals surface area contributed by atoms with Gasteiger partial charge in [0, 0.05) is 31.4 Å². The Hall–Kier alpha value is -2.83. The molecule has 1 atom stereocenters. The predicted octanol–water partition coefficient (Wildman–Crippen LogP) is 3.16. The zero-order valence-electron chi connectivity index (χ0n) is 16.5. The number of anilines is 1. The molecule has 1 unspecified atom stereocenters. The topological polar surface area (TPSA) is 79.3 Å². The van der Waals surface area contributed by atoms with Gasteiger partial charge in [-0.25, -0.2) is 4.79 Å². The van der Waals surface area contributed by atoms with Crippen LogP contribution in [0.15, 0.2) is 24.4 Å². The van der Waals surface area contributed by atoms with E-state index in [2.05, 4.69) is 15.7 Å². The number of aromatic nitrogens is 2. The van der Waals surface area contributed by atoms with Gasteiger partial charge in [-0.1, -0.05) is 12.1 Å². The predicted molar refractivity (Wildman–Crippen MR) is 107 cm³/mol. The van der Waals surface area contributed by atoms with Gasteiger partial charge in [-0.05, 0) is 50.7 Å². The number of hydrogen-bond donors (Lipinski definition) is 2. The van der Waals surface area contributed by atoms with Crippen molar-refractivity contribution in [2.75, 3.05) is 18.4 Å². The van der Waals surface area contributed by atoms with Crippen molar-refractivity contribution >= 4 is 17.6 Å². The van der Waals surface area contributed by atoms with Crippen LogP contribution in [0, 0.1) is 6.92 Å². The highest BCUT2D eigenvalue weighted by Gasteiger charge is 2.27. The lowest BCUT2D eigenvalue weighted by atomic mass is 9.93. The number of likely N-dealkylation sites (tertiary alicyclic amines) is 1. The number of rotatable bonds is 3. The van der Waals surface area contributed by atoms with Crippen LogP contribution in [0.4, 0.5) is 10.5 Å². The van der Waals surface area contributed by atoms with Crippen molar-refractivity contribution in [3.05, 3.63) is 46.8 Å². The number of hydrogen-bond acceptors (Lipinski definition) is 3. The third-order valence-corrected chi connectivity index (χ3v) is 5.81. The summed E-state index contributed by atoms with van der Waals surface area (Å²) in [5.74, 6) is -0.00175. The fourth-order valence-corrected chi connectivity index (χ4v) is 4.31. The molecule has 7 nitrogen and oxygen atoms in total. The quantitative estimate of drug-likeness (QED) is 0.857. The van der Waals surface area contributed by atoms with Crippen LogP contribution < -0.4 is 10.6 Å². The van der Waals surface area contributed by atoms with E-state index in [0.29, 0.717) is 11.3 Å². The van der Waals surface area contributed by atoms with Gasteiger partial charge in [0.1, 0.15) is 0 Å². The second-order valence-electron chi connectivity index (χ2n) is 7.71. The Morgan fingerprint density at radius 1 is 1.18 bits per heavy atom. The monoisotopic (exact) mass is 381 g/mol. The van der Waals surface area contributed by atoms with Crippen molar-refractivity contribution in [2.45, 2.75) is 45.1 Å². The molecule has 0 saturated carbocycles. The fraction of sp³-hybridized carbons (Fsp3) is 0.476. The Bertz CT molecular complexity index is 898. The van der Waals surface area contributed by atoms with Crippen molar-refractivity contribution in [2.24, 2.45) is 7.05 Å². The molecule has 148 valence electrons. The molecule has 2 aliphatic rings. The van der Waals surface area contributed by atoms with E-state index < -0.39 is 0 Å². The normalized spacial score (nSPS) is 18.6. The van der Waals surface area contributed by atoms with Crippen LogP contribution in [0.2, 0.25) is 0 Å². The second kappa shape index (κ2) is 7.66. The number of amides is 3. The lowest BCUT2D eigenvalue weighted by molar-refractivity contribution is 0.0793. The number of fused-ring (bicyclic) bond motifs is 1. The van der Waals surface area contributed by atoms with Gasteiger partial charge in [-0.15, -0.1) is 0 Å². The highest BCUT2D eigenvalue weighted by atomic mass is 16.2. The number of urea groups is 1. The molecular weight excluding hydrogens is 354 g/mol. The Morgan fingerprint density at radius 2 is 1.96 bits per heavy atom. The Morgan fingerprint density at radius 3 is 2.75 bits per heavy atom. The molecule has 3 amide bonds. The molecule has 1 aliphatic heterocycles. The summed E-state index contributed by atoms with van der Waals surface area (Å²) in [7, 11) is 1.93. The minimum absolute atomic E-state index is 0.00175. The zero-order chi connectivity index (χ0) is 19.7. The molecule has 1 saturated heterocycles. The minimum Gasteiger partial charge on any atom is -0.339 e. The third-order valence-electron chi connectivity index (χ3n) is 5.81. The Labute approximate surface area is 165 Å². The van der Waals surface area contributed by atoms with Crippen LogP contribution in [0.25, 0.3) is 0 Å². The molecule has 1 aliphatic carbocycles. The van der Waals surface area contributed by atoms with Gasteiger partial charge in [-0.3, -0.25) is 9.48 Å². The molecule has 1 aromatic carbocycles. The first-order valence-electron chi connectivity index (χ1n) is 10.0. The van der Waals surface area contributed by atoms with E-state index in [4.69, 9.17) is 0 Å². The molecule has 0 spiro atoms. The molecule has 1 fully saturated rings. The summed E-state index contributed by atoms with van der Waals surface area (Å²) >= 11 is 0. The summed E-state index contributed by atoms with van der Waals surface area (Å²) in [5, 5.41) is 10.3. The van der Waals surface area contributed by atoms with Gasteiger partial charge >= 0.3 is 6.03 Å².